The van der Waals surface area contributed by atoms with Gasteiger partial charge < -0.3 is 15.4 Å². The Labute approximate surface area is 145 Å². The molecule has 2 fully saturated rings. The van der Waals surface area contributed by atoms with Gasteiger partial charge in [-0.15, -0.1) is 0 Å². The van der Waals surface area contributed by atoms with Gasteiger partial charge in [0.25, 0.3) is 5.91 Å². The molecule has 3 rings (SSSR count). The molecule has 0 radical (unpaired) electrons. The lowest BCUT2D eigenvalue weighted by Crippen LogP contribution is -2.43. The molecular formula is C20H30N2O2. The van der Waals surface area contributed by atoms with E-state index in [-0.39, 0.29) is 23.0 Å². The minimum atomic E-state index is -0.00896. The van der Waals surface area contributed by atoms with Gasteiger partial charge in [0, 0.05) is 12.1 Å². The second-order valence-electron chi connectivity index (χ2n) is 8.25. The lowest BCUT2D eigenvalue weighted by atomic mass is 9.87. The van der Waals surface area contributed by atoms with Crippen LogP contribution in [0, 0.1) is 0 Å². The number of hydrogen-bond donors (Lipinski definition) is 2. The van der Waals surface area contributed by atoms with Gasteiger partial charge >= 0.3 is 0 Å². The predicted molar refractivity (Wildman–Crippen MR) is 96.4 cm³/mol. The Morgan fingerprint density at radius 1 is 1.21 bits per heavy atom. The van der Waals surface area contributed by atoms with E-state index in [4.69, 9.17) is 4.74 Å². The molecule has 1 spiro atoms. The first-order chi connectivity index (χ1) is 11.4. The van der Waals surface area contributed by atoms with Crippen LogP contribution < -0.4 is 10.6 Å². The van der Waals surface area contributed by atoms with Gasteiger partial charge in [-0.05, 0) is 61.9 Å². The molecule has 1 aromatic carbocycles. The molecule has 2 saturated heterocycles. The quantitative estimate of drug-likeness (QED) is 0.896. The molecule has 2 N–H and O–H groups in total. The molecule has 1 amide bonds. The minimum Gasteiger partial charge on any atom is -0.370 e. The van der Waals surface area contributed by atoms with Crippen molar-refractivity contribution in [3.63, 3.8) is 0 Å². The van der Waals surface area contributed by atoms with Crippen molar-refractivity contribution < 1.29 is 9.53 Å². The molecule has 1 aromatic rings. The molecule has 4 heteroatoms. The highest BCUT2D eigenvalue weighted by molar-refractivity contribution is 5.94. The molecular weight excluding hydrogens is 300 g/mol. The summed E-state index contributed by atoms with van der Waals surface area (Å²) in [6.07, 6.45) is 4.50. The van der Waals surface area contributed by atoms with Gasteiger partial charge in [-0.2, -0.15) is 0 Å². The Bertz CT molecular complexity index is 568. The highest BCUT2D eigenvalue weighted by atomic mass is 16.5. The van der Waals surface area contributed by atoms with Crippen molar-refractivity contribution in [2.45, 2.75) is 63.6 Å². The molecule has 0 bridgehead atoms. The second-order valence-corrected chi connectivity index (χ2v) is 8.25. The van der Waals surface area contributed by atoms with E-state index in [0.29, 0.717) is 6.54 Å². The number of nitrogens with one attached hydrogen (secondary N) is 2. The highest BCUT2D eigenvalue weighted by Crippen LogP contribution is 2.37. The topological polar surface area (TPSA) is 50.4 Å². The molecule has 2 aliphatic rings. The van der Waals surface area contributed by atoms with Crippen molar-refractivity contribution in [1.29, 1.82) is 0 Å². The van der Waals surface area contributed by atoms with Gasteiger partial charge in [-0.1, -0.05) is 32.9 Å². The van der Waals surface area contributed by atoms with Gasteiger partial charge in [-0.3, -0.25) is 4.79 Å². The molecule has 0 aromatic heterocycles. The molecule has 1 atom stereocenters. The van der Waals surface area contributed by atoms with E-state index in [1.165, 1.54) is 5.56 Å². The maximum atomic E-state index is 12.4. The summed E-state index contributed by atoms with van der Waals surface area (Å²) in [5, 5.41) is 6.43. The average Bonchev–Trinajstić information content (AvgIpc) is 2.95. The molecule has 1 unspecified atom stereocenters. The SMILES string of the molecule is CC(C)(C)c1ccc(C(=O)NCC2CCC3(CCNCC3)O2)cc1. The van der Waals surface area contributed by atoms with Crippen molar-refractivity contribution >= 4 is 5.91 Å². The maximum absolute atomic E-state index is 12.4. The fraction of sp³-hybridized carbons (Fsp3) is 0.650. The van der Waals surface area contributed by atoms with E-state index < -0.39 is 0 Å². The number of carbonyl (C=O) groups excluding carboxylic acids is 1. The molecule has 0 saturated carbocycles. The van der Waals surface area contributed by atoms with Crippen LogP contribution in [0.4, 0.5) is 0 Å². The first-order valence-electron chi connectivity index (χ1n) is 9.15. The third-order valence-corrected chi connectivity index (χ3v) is 5.36. The van der Waals surface area contributed by atoms with Crippen molar-refractivity contribution in [3.8, 4) is 0 Å². The lowest BCUT2D eigenvalue weighted by Gasteiger charge is -2.33. The number of hydrogen-bond acceptors (Lipinski definition) is 3. The van der Waals surface area contributed by atoms with E-state index in [1.54, 1.807) is 0 Å². The van der Waals surface area contributed by atoms with Crippen LogP contribution in [0.2, 0.25) is 0 Å². The van der Waals surface area contributed by atoms with Crippen LogP contribution in [0.3, 0.4) is 0 Å². The van der Waals surface area contributed by atoms with Gasteiger partial charge in [0.05, 0.1) is 11.7 Å². The van der Waals surface area contributed by atoms with Gasteiger partial charge in [0.2, 0.25) is 0 Å². The molecule has 24 heavy (non-hydrogen) atoms. The van der Waals surface area contributed by atoms with Gasteiger partial charge in [0.1, 0.15) is 0 Å². The summed E-state index contributed by atoms with van der Waals surface area (Å²) >= 11 is 0. The Balaban J connectivity index is 1.51. The molecule has 0 aliphatic carbocycles. The minimum absolute atomic E-state index is 0.00896. The molecule has 2 aliphatic heterocycles. The first-order valence-corrected chi connectivity index (χ1v) is 9.15. The van der Waals surface area contributed by atoms with Crippen molar-refractivity contribution in [2.24, 2.45) is 0 Å². The van der Waals surface area contributed by atoms with E-state index in [9.17, 15) is 4.79 Å². The summed E-state index contributed by atoms with van der Waals surface area (Å²) < 4.78 is 6.29. The maximum Gasteiger partial charge on any atom is 0.251 e. The number of carbonyl (C=O) groups is 1. The standard InChI is InChI=1S/C20H30N2O2/c1-19(2,3)16-6-4-15(5-7-16)18(23)22-14-17-8-9-20(24-17)10-12-21-13-11-20/h4-7,17,21H,8-14H2,1-3H3,(H,22,23). The molecule has 132 valence electrons. The smallest absolute Gasteiger partial charge is 0.251 e. The third-order valence-electron chi connectivity index (χ3n) is 5.36. The Kier molecular flexibility index (Phi) is 4.97. The van der Waals surface area contributed by atoms with Crippen LogP contribution >= 0.6 is 0 Å². The number of benzene rings is 1. The highest BCUT2D eigenvalue weighted by Gasteiger charge is 2.40. The average molecular weight is 330 g/mol. The summed E-state index contributed by atoms with van der Waals surface area (Å²) in [4.78, 5) is 12.4. The Hall–Kier alpha value is -1.39. The zero-order chi connectivity index (χ0) is 17.2. The van der Waals surface area contributed by atoms with Crippen molar-refractivity contribution in [1.82, 2.24) is 10.6 Å². The fourth-order valence-electron chi connectivity index (χ4n) is 3.72. The first kappa shape index (κ1) is 17.4. The number of rotatable bonds is 3. The van der Waals surface area contributed by atoms with Gasteiger partial charge in [0.15, 0.2) is 0 Å². The molecule has 4 nitrogen and oxygen atoms in total. The number of ether oxygens (including phenoxy) is 1. The Morgan fingerprint density at radius 3 is 2.50 bits per heavy atom. The zero-order valence-corrected chi connectivity index (χ0v) is 15.2. The summed E-state index contributed by atoms with van der Waals surface area (Å²) in [5.41, 5.74) is 2.13. The van der Waals surface area contributed by atoms with Crippen LogP contribution in [-0.2, 0) is 10.2 Å². The van der Waals surface area contributed by atoms with Crippen molar-refractivity contribution in [3.05, 3.63) is 35.4 Å². The lowest BCUT2D eigenvalue weighted by molar-refractivity contribution is -0.0576. The van der Waals surface area contributed by atoms with Gasteiger partial charge in [-0.25, -0.2) is 0 Å². The monoisotopic (exact) mass is 330 g/mol. The van der Waals surface area contributed by atoms with E-state index in [1.807, 2.05) is 24.3 Å². The summed E-state index contributed by atoms with van der Waals surface area (Å²) in [7, 11) is 0. The third kappa shape index (κ3) is 3.98. The molecule has 2 heterocycles. The predicted octanol–water partition coefficient (Wildman–Crippen LogP) is 3.02. The normalized spacial score (nSPS) is 23.4. The fourth-order valence-corrected chi connectivity index (χ4v) is 3.72. The van der Waals surface area contributed by atoms with E-state index in [0.717, 1.165) is 44.3 Å². The summed E-state index contributed by atoms with van der Waals surface area (Å²) in [6, 6.07) is 7.93. The zero-order valence-electron chi connectivity index (χ0n) is 15.2. The number of amides is 1. The van der Waals surface area contributed by atoms with Crippen LogP contribution in [0.5, 0.6) is 0 Å². The summed E-state index contributed by atoms with van der Waals surface area (Å²) in [6.45, 7) is 9.22. The van der Waals surface area contributed by atoms with E-state index in [2.05, 4.69) is 31.4 Å². The van der Waals surface area contributed by atoms with Crippen LogP contribution in [0.25, 0.3) is 0 Å². The van der Waals surface area contributed by atoms with E-state index >= 15 is 0 Å². The van der Waals surface area contributed by atoms with Crippen LogP contribution in [0.15, 0.2) is 24.3 Å². The second kappa shape index (κ2) is 6.85. The number of piperidine rings is 1. The van der Waals surface area contributed by atoms with Crippen LogP contribution in [0.1, 0.15) is 62.4 Å². The van der Waals surface area contributed by atoms with Crippen molar-refractivity contribution in [2.75, 3.05) is 19.6 Å². The Morgan fingerprint density at radius 2 is 1.88 bits per heavy atom. The van der Waals surface area contributed by atoms with Crippen LogP contribution in [-0.4, -0.2) is 37.2 Å². The summed E-state index contributed by atoms with van der Waals surface area (Å²) in [5.74, 6) is -0.00896. The largest absolute Gasteiger partial charge is 0.370 e.